The fourth-order valence-electron chi connectivity index (χ4n) is 2.03. The van der Waals surface area contributed by atoms with E-state index in [4.69, 9.17) is 0 Å². The first-order chi connectivity index (χ1) is 7.88. The third kappa shape index (κ3) is 1.29. The number of fused-ring (bicyclic) bond motifs is 2. The van der Waals surface area contributed by atoms with Gasteiger partial charge in [0, 0.05) is 5.56 Å². The van der Waals surface area contributed by atoms with Gasteiger partial charge in [0.25, 0.3) is 0 Å². The molecule has 0 fully saturated rings. The Morgan fingerprint density at radius 1 is 1.00 bits per heavy atom. The second-order valence-corrected chi connectivity index (χ2v) is 3.81. The van der Waals surface area contributed by atoms with Crippen molar-refractivity contribution >= 4 is 27.8 Å². The molecule has 1 heteroatoms. The number of benzene rings is 3. The van der Waals surface area contributed by atoms with E-state index in [1.54, 1.807) is 0 Å². The van der Waals surface area contributed by atoms with Gasteiger partial charge in [-0.05, 0) is 45.8 Å². The van der Waals surface area contributed by atoms with Crippen LogP contribution in [0.1, 0.15) is 10.4 Å². The lowest BCUT2D eigenvalue weighted by molar-refractivity contribution is 0.112. The molecule has 3 aromatic rings. The van der Waals surface area contributed by atoms with E-state index >= 15 is 0 Å². The Morgan fingerprint density at radius 3 is 2.81 bits per heavy atom. The highest BCUT2D eigenvalue weighted by atomic mass is 16.1. The summed E-state index contributed by atoms with van der Waals surface area (Å²) >= 11 is 0. The molecule has 0 atom stereocenters. The highest BCUT2D eigenvalue weighted by molar-refractivity contribution is 6.05. The van der Waals surface area contributed by atoms with Gasteiger partial charge in [-0.15, -0.1) is 0 Å². The van der Waals surface area contributed by atoms with Crippen LogP contribution in [-0.4, -0.2) is 6.29 Å². The van der Waals surface area contributed by atoms with Gasteiger partial charge >= 0.3 is 0 Å². The maximum atomic E-state index is 11.0. The minimum Gasteiger partial charge on any atom is -0.298 e. The topological polar surface area (TPSA) is 17.1 Å². The molecule has 0 bridgehead atoms. The number of carbonyl (C=O) groups is 1. The molecule has 0 amide bonds. The molecule has 0 saturated carbocycles. The van der Waals surface area contributed by atoms with Gasteiger partial charge in [0.05, 0.1) is 0 Å². The van der Waals surface area contributed by atoms with E-state index in [0.717, 1.165) is 33.4 Å². The van der Waals surface area contributed by atoms with Gasteiger partial charge in [0.2, 0.25) is 0 Å². The number of hydrogen-bond acceptors (Lipinski definition) is 1. The molecule has 0 saturated heterocycles. The van der Waals surface area contributed by atoms with E-state index in [-0.39, 0.29) is 0 Å². The van der Waals surface area contributed by atoms with E-state index in [1.165, 1.54) is 0 Å². The molecule has 0 aliphatic rings. The van der Waals surface area contributed by atoms with Gasteiger partial charge in [-0.1, -0.05) is 30.3 Å². The average Bonchev–Trinajstić information content (AvgIpc) is 2.35. The summed E-state index contributed by atoms with van der Waals surface area (Å²) in [5, 5.41) is 4.39. The second kappa shape index (κ2) is 3.46. The summed E-state index contributed by atoms with van der Waals surface area (Å²) in [6, 6.07) is 18.8. The van der Waals surface area contributed by atoms with Crippen LogP contribution in [0.5, 0.6) is 0 Å². The molecule has 1 radical (unpaired) electrons. The van der Waals surface area contributed by atoms with Crippen LogP contribution in [0.4, 0.5) is 0 Å². The third-order valence-corrected chi connectivity index (χ3v) is 2.84. The zero-order valence-electron chi connectivity index (χ0n) is 8.60. The van der Waals surface area contributed by atoms with Crippen molar-refractivity contribution < 1.29 is 4.79 Å². The Labute approximate surface area is 93.3 Å². The van der Waals surface area contributed by atoms with E-state index in [0.29, 0.717) is 0 Å². The highest BCUT2D eigenvalue weighted by Gasteiger charge is 2.01. The van der Waals surface area contributed by atoms with Gasteiger partial charge in [-0.2, -0.15) is 0 Å². The van der Waals surface area contributed by atoms with Gasteiger partial charge in [0.1, 0.15) is 0 Å². The number of rotatable bonds is 1. The second-order valence-electron chi connectivity index (χ2n) is 3.81. The molecule has 75 valence electrons. The summed E-state index contributed by atoms with van der Waals surface area (Å²) < 4.78 is 0. The predicted octanol–water partition coefficient (Wildman–Crippen LogP) is 3.61. The molecule has 0 aliphatic carbocycles. The molecule has 1 nitrogen and oxygen atoms in total. The molecule has 0 N–H and O–H groups in total. The molecule has 0 aromatic heterocycles. The maximum absolute atomic E-state index is 11.0. The van der Waals surface area contributed by atoms with Gasteiger partial charge in [-0.3, -0.25) is 4.79 Å². The predicted molar refractivity (Wildman–Crippen MR) is 65.7 cm³/mol. The van der Waals surface area contributed by atoms with Crippen LogP contribution in [0.15, 0.2) is 48.5 Å². The van der Waals surface area contributed by atoms with Crippen molar-refractivity contribution in [1.29, 1.82) is 0 Å². The molecule has 3 rings (SSSR count). The van der Waals surface area contributed by atoms with Crippen molar-refractivity contribution in [2.24, 2.45) is 0 Å². The quantitative estimate of drug-likeness (QED) is 0.438. The number of carbonyl (C=O) groups excluding carboxylic acids is 1. The van der Waals surface area contributed by atoms with Crippen LogP contribution in [0.3, 0.4) is 0 Å². The van der Waals surface area contributed by atoms with Crippen LogP contribution in [0.2, 0.25) is 0 Å². The minimum atomic E-state index is 0.743. The lowest BCUT2D eigenvalue weighted by Gasteiger charge is -2.03. The van der Waals surface area contributed by atoms with E-state index in [2.05, 4.69) is 18.2 Å². The summed E-state index contributed by atoms with van der Waals surface area (Å²) in [5.41, 5.74) is 0.743. The summed E-state index contributed by atoms with van der Waals surface area (Å²) in [7, 11) is 0. The Hall–Kier alpha value is -2.15. The standard InChI is InChI=1S/C15H9O/c16-10-14-7-3-6-13-8-11-4-1-2-5-12(11)9-15(13)14/h2-10H. The average molecular weight is 205 g/mol. The molecular formula is C15H9O. The van der Waals surface area contributed by atoms with Gasteiger partial charge in [-0.25, -0.2) is 0 Å². The van der Waals surface area contributed by atoms with Gasteiger partial charge in [0.15, 0.2) is 6.29 Å². The SMILES string of the molecule is O=Cc1cccc2cc3c[c]ccc3cc12. The van der Waals surface area contributed by atoms with Crippen molar-refractivity contribution in [2.45, 2.75) is 0 Å². The van der Waals surface area contributed by atoms with E-state index < -0.39 is 0 Å². The van der Waals surface area contributed by atoms with Crippen LogP contribution in [0, 0.1) is 6.07 Å². The normalized spacial score (nSPS) is 10.8. The van der Waals surface area contributed by atoms with Crippen molar-refractivity contribution in [2.75, 3.05) is 0 Å². The first-order valence-electron chi connectivity index (χ1n) is 5.16. The highest BCUT2D eigenvalue weighted by Crippen LogP contribution is 2.24. The maximum Gasteiger partial charge on any atom is 0.150 e. The molecule has 3 aromatic carbocycles. The Bertz CT molecular complexity index is 683. The first kappa shape index (κ1) is 9.10. The van der Waals surface area contributed by atoms with Crippen molar-refractivity contribution in [3.05, 3.63) is 60.2 Å². The van der Waals surface area contributed by atoms with E-state index in [1.807, 2.05) is 36.4 Å². The largest absolute Gasteiger partial charge is 0.298 e. The third-order valence-electron chi connectivity index (χ3n) is 2.84. The van der Waals surface area contributed by atoms with Crippen LogP contribution < -0.4 is 0 Å². The molecular weight excluding hydrogens is 196 g/mol. The molecule has 0 spiro atoms. The molecule has 0 heterocycles. The molecule has 0 aliphatic heterocycles. The first-order valence-corrected chi connectivity index (χ1v) is 5.16. The van der Waals surface area contributed by atoms with Crippen molar-refractivity contribution in [1.82, 2.24) is 0 Å². The van der Waals surface area contributed by atoms with Crippen molar-refractivity contribution in [3.8, 4) is 0 Å². The summed E-state index contributed by atoms with van der Waals surface area (Å²) in [5.74, 6) is 0. The van der Waals surface area contributed by atoms with E-state index in [9.17, 15) is 4.79 Å². The zero-order chi connectivity index (χ0) is 11.0. The molecule has 0 unspecified atom stereocenters. The fraction of sp³-hybridized carbons (Fsp3) is 0. The Balaban J connectivity index is 2.51. The van der Waals surface area contributed by atoms with Crippen LogP contribution >= 0.6 is 0 Å². The lowest BCUT2D eigenvalue weighted by Crippen LogP contribution is -1.83. The van der Waals surface area contributed by atoms with Crippen LogP contribution in [0.25, 0.3) is 21.5 Å². The minimum absolute atomic E-state index is 0.743. The lowest BCUT2D eigenvalue weighted by atomic mass is 10.0. The number of aldehydes is 1. The fourth-order valence-corrected chi connectivity index (χ4v) is 2.03. The Kier molecular flexibility index (Phi) is 1.97. The van der Waals surface area contributed by atoms with Gasteiger partial charge < -0.3 is 0 Å². The summed E-state index contributed by atoms with van der Waals surface area (Å²) in [6.07, 6.45) is 0.906. The van der Waals surface area contributed by atoms with Crippen LogP contribution in [-0.2, 0) is 0 Å². The Morgan fingerprint density at radius 2 is 1.94 bits per heavy atom. The molecule has 16 heavy (non-hydrogen) atoms. The monoisotopic (exact) mass is 205 g/mol. The zero-order valence-corrected chi connectivity index (χ0v) is 8.60. The summed E-state index contributed by atoms with van der Waals surface area (Å²) in [6.45, 7) is 0. The summed E-state index contributed by atoms with van der Waals surface area (Å²) in [4.78, 5) is 11.0. The van der Waals surface area contributed by atoms with Crippen molar-refractivity contribution in [3.63, 3.8) is 0 Å². The number of hydrogen-bond donors (Lipinski definition) is 0. The smallest absolute Gasteiger partial charge is 0.150 e.